The molecule has 2 saturated heterocycles. The van der Waals surface area contributed by atoms with E-state index in [1.165, 1.54) is 0 Å². The fourth-order valence-corrected chi connectivity index (χ4v) is 4.04. The number of aromatic amines is 1. The number of rotatable bonds is 2. The second kappa shape index (κ2) is 6.57. The molecule has 1 aromatic carbocycles. The van der Waals surface area contributed by atoms with Crippen molar-refractivity contribution in [3.05, 3.63) is 42.1 Å². The molecule has 0 bridgehead atoms. The minimum absolute atomic E-state index is 0.0418. The normalized spacial score (nSPS) is 22.2. The molecule has 2 aromatic heterocycles. The maximum Gasteiger partial charge on any atom is 0.254 e. The molecule has 144 valence electrons. The first-order valence-electron chi connectivity index (χ1n) is 9.41. The van der Waals surface area contributed by atoms with E-state index in [-0.39, 0.29) is 17.3 Å². The standard InChI is InChI=1S/C20H21N5O3/c26-14-3-1-13(2-4-14)17-9-15(16-10-22-24-18(16)23-17)19(27)25-7-5-20(12-25)11-21-6-8-28-20/h1-4,9-10,21,26H,5-8,11-12H2,(H,22,23,24). The molecule has 8 heteroatoms. The quantitative estimate of drug-likeness (QED) is 0.624. The lowest BCUT2D eigenvalue weighted by Crippen LogP contribution is -2.51. The first-order valence-corrected chi connectivity index (χ1v) is 9.41. The van der Waals surface area contributed by atoms with Crippen molar-refractivity contribution in [2.75, 3.05) is 32.8 Å². The number of nitrogens with zero attached hydrogens (tertiary/aromatic N) is 3. The van der Waals surface area contributed by atoms with Crippen molar-refractivity contribution < 1.29 is 14.6 Å². The minimum Gasteiger partial charge on any atom is -0.508 e. The number of carbonyl (C=O) groups excluding carboxylic acids is 1. The van der Waals surface area contributed by atoms with E-state index in [9.17, 15) is 9.90 Å². The minimum atomic E-state index is -0.282. The SMILES string of the molecule is O=C(c1cc(-c2ccc(O)cc2)nc2[nH]ncc12)N1CCC2(CNCCO2)C1. The Kier molecular flexibility index (Phi) is 4.03. The van der Waals surface area contributed by atoms with Crippen LogP contribution >= 0.6 is 0 Å². The van der Waals surface area contributed by atoms with Gasteiger partial charge in [0.2, 0.25) is 0 Å². The monoisotopic (exact) mass is 379 g/mol. The number of benzene rings is 1. The van der Waals surface area contributed by atoms with Crippen molar-refractivity contribution >= 4 is 16.9 Å². The van der Waals surface area contributed by atoms with Gasteiger partial charge in [-0.25, -0.2) is 4.98 Å². The molecule has 2 fully saturated rings. The number of fused-ring (bicyclic) bond motifs is 1. The zero-order valence-corrected chi connectivity index (χ0v) is 15.3. The highest BCUT2D eigenvalue weighted by Crippen LogP contribution is 2.30. The lowest BCUT2D eigenvalue weighted by Gasteiger charge is -2.34. The molecule has 8 nitrogen and oxygen atoms in total. The number of hydrogen-bond acceptors (Lipinski definition) is 6. The van der Waals surface area contributed by atoms with Gasteiger partial charge in [0, 0.05) is 25.2 Å². The van der Waals surface area contributed by atoms with Crippen LogP contribution in [0.25, 0.3) is 22.3 Å². The number of H-pyrrole nitrogens is 1. The average Bonchev–Trinajstić information content (AvgIpc) is 3.35. The van der Waals surface area contributed by atoms with E-state index in [4.69, 9.17) is 4.74 Å². The number of phenols is 1. The van der Waals surface area contributed by atoms with Crippen LogP contribution in [0.5, 0.6) is 5.75 Å². The Balaban J connectivity index is 1.50. The van der Waals surface area contributed by atoms with Crippen molar-refractivity contribution in [3.63, 3.8) is 0 Å². The molecule has 5 rings (SSSR count). The Bertz CT molecular complexity index is 1020. The van der Waals surface area contributed by atoms with Crippen molar-refractivity contribution in [1.82, 2.24) is 25.4 Å². The summed E-state index contributed by atoms with van der Waals surface area (Å²) in [4.78, 5) is 19.8. The number of amides is 1. The van der Waals surface area contributed by atoms with Crippen molar-refractivity contribution in [1.29, 1.82) is 0 Å². The Morgan fingerprint density at radius 1 is 1.29 bits per heavy atom. The summed E-state index contributed by atoms with van der Waals surface area (Å²) in [6.07, 6.45) is 2.47. The first kappa shape index (κ1) is 17.2. The highest BCUT2D eigenvalue weighted by atomic mass is 16.5. The Morgan fingerprint density at radius 3 is 2.93 bits per heavy atom. The van der Waals surface area contributed by atoms with Crippen LogP contribution in [-0.4, -0.2) is 69.5 Å². The van der Waals surface area contributed by atoms with Crippen LogP contribution in [0, 0.1) is 0 Å². The summed E-state index contributed by atoms with van der Waals surface area (Å²) in [5.74, 6) is 0.144. The molecular weight excluding hydrogens is 358 g/mol. The molecule has 0 aliphatic carbocycles. The number of pyridine rings is 1. The summed E-state index contributed by atoms with van der Waals surface area (Å²) < 4.78 is 6.01. The summed E-state index contributed by atoms with van der Waals surface area (Å²) in [7, 11) is 0. The summed E-state index contributed by atoms with van der Waals surface area (Å²) >= 11 is 0. The zero-order valence-electron chi connectivity index (χ0n) is 15.3. The van der Waals surface area contributed by atoms with Gasteiger partial charge in [-0.05, 0) is 36.8 Å². The first-order chi connectivity index (χ1) is 13.6. The van der Waals surface area contributed by atoms with Crippen molar-refractivity contribution in [3.8, 4) is 17.0 Å². The molecule has 3 N–H and O–H groups in total. The van der Waals surface area contributed by atoms with E-state index in [0.717, 1.165) is 25.1 Å². The maximum absolute atomic E-state index is 13.4. The van der Waals surface area contributed by atoms with E-state index >= 15 is 0 Å². The second-order valence-corrected chi connectivity index (χ2v) is 7.42. The van der Waals surface area contributed by atoms with Gasteiger partial charge in [0.1, 0.15) is 5.75 Å². The zero-order chi connectivity index (χ0) is 19.1. The number of nitrogens with one attached hydrogen (secondary N) is 2. The highest BCUT2D eigenvalue weighted by molar-refractivity contribution is 6.06. The van der Waals surface area contributed by atoms with Gasteiger partial charge in [-0.1, -0.05) is 0 Å². The Labute approximate surface area is 161 Å². The van der Waals surface area contributed by atoms with E-state index in [0.29, 0.717) is 42.0 Å². The molecule has 1 atom stereocenters. The van der Waals surface area contributed by atoms with Crippen LogP contribution in [-0.2, 0) is 4.74 Å². The predicted octanol–water partition coefficient (Wildman–Crippen LogP) is 1.53. The van der Waals surface area contributed by atoms with Crippen molar-refractivity contribution in [2.45, 2.75) is 12.0 Å². The number of aromatic hydroxyl groups is 1. The Morgan fingerprint density at radius 2 is 2.14 bits per heavy atom. The summed E-state index contributed by atoms with van der Waals surface area (Å²) in [6.45, 7) is 3.54. The molecule has 1 unspecified atom stereocenters. The Hall–Kier alpha value is -2.97. The van der Waals surface area contributed by atoms with Gasteiger partial charge < -0.3 is 20.1 Å². The van der Waals surface area contributed by atoms with Gasteiger partial charge in [0.15, 0.2) is 5.65 Å². The number of aromatic nitrogens is 3. The molecule has 1 spiro atoms. The lowest BCUT2D eigenvalue weighted by atomic mass is 10.0. The number of carbonyl (C=O) groups is 1. The fraction of sp³-hybridized carbons (Fsp3) is 0.350. The molecule has 0 radical (unpaired) electrons. The maximum atomic E-state index is 13.4. The summed E-state index contributed by atoms with van der Waals surface area (Å²) in [5.41, 5.74) is 2.34. The van der Waals surface area contributed by atoms with E-state index < -0.39 is 0 Å². The fourth-order valence-electron chi connectivity index (χ4n) is 4.04. The van der Waals surface area contributed by atoms with Gasteiger partial charge in [-0.2, -0.15) is 5.10 Å². The third kappa shape index (κ3) is 2.90. The largest absolute Gasteiger partial charge is 0.508 e. The molecule has 4 heterocycles. The van der Waals surface area contributed by atoms with Crippen LogP contribution in [0.1, 0.15) is 16.8 Å². The van der Waals surface area contributed by atoms with Gasteiger partial charge in [0.25, 0.3) is 5.91 Å². The topological polar surface area (TPSA) is 103 Å². The van der Waals surface area contributed by atoms with Crippen LogP contribution < -0.4 is 5.32 Å². The molecule has 2 aliphatic heterocycles. The number of hydrogen-bond donors (Lipinski definition) is 3. The van der Waals surface area contributed by atoms with Crippen LogP contribution in [0.15, 0.2) is 36.5 Å². The number of morpholine rings is 1. The molecule has 3 aromatic rings. The molecule has 1 amide bonds. The van der Waals surface area contributed by atoms with Gasteiger partial charge in [-0.15, -0.1) is 0 Å². The van der Waals surface area contributed by atoms with E-state index in [1.807, 2.05) is 4.90 Å². The predicted molar refractivity (Wildman–Crippen MR) is 103 cm³/mol. The third-order valence-electron chi connectivity index (χ3n) is 5.55. The number of phenolic OH excluding ortho intramolecular Hbond substituents is 1. The molecule has 2 aliphatic rings. The molecule has 0 saturated carbocycles. The second-order valence-electron chi connectivity index (χ2n) is 7.42. The van der Waals surface area contributed by atoms with Gasteiger partial charge >= 0.3 is 0 Å². The average molecular weight is 379 g/mol. The van der Waals surface area contributed by atoms with E-state index in [2.05, 4.69) is 20.5 Å². The van der Waals surface area contributed by atoms with Gasteiger partial charge in [0.05, 0.1) is 41.6 Å². The van der Waals surface area contributed by atoms with Crippen molar-refractivity contribution in [2.24, 2.45) is 0 Å². The molecule has 28 heavy (non-hydrogen) atoms. The van der Waals surface area contributed by atoms with Gasteiger partial charge in [-0.3, -0.25) is 9.89 Å². The lowest BCUT2D eigenvalue weighted by molar-refractivity contribution is -0.0559. The number of likely N-dealkylation sites (tertiary alicyclic amines) is 1. The summed E-state index contributed by atoms with van der Waals surface area (Å²) in [6, 6.07) is 8.57. The van der Waals surface area contributed by atoms with Crippen LogP contribution in [0.2, 0.25) is 0 Å². The van der Waals surface area contributed by atoms with Crippen LogP contribution in [0.3, 0.4) is 0 Å². The van der Waals surface area contributed by atoms with Crippen LogP contribution in [0.4, 0.5) is 0 Å². The van der Waals surface area contributed by atoms with E-state index in [1.54, 1.807) is 36.5 Å². The number of ether oxygens (including phenoxy) is 1. The smallest absolute Gasteiger partial charge is 0.254 e. The highest BCUT2D eigenvalue weighted by Gasteiger charge is 2.42. The molecular formula is C20H21N5O3. The summed E-state index contributed by atoms with van der Waals surface area (Å²) in [5, 5.41) is 20.5. The third-order valence-corrected chi connectivity index (χ3v) is 5.55.